The summed E-state index contributed by atoms with van der Waals surface area (Å²) in [5.74, 6) is 1.38. The van der Waals surface area contributed by atoms with Crippen molar-refractivity contribution in [3.05, 3.63) is 54.5 Å². The number of guanidine groups is 1. The van der Waals surface area contributed by atoms with E-state index in [0.717, 1.165) is 10.6 Å². The average Bonchev–Trinajstić information content (AvgIpc) is 3.76. The van der Waals surface area contributed by atoms with Crippen LogP contribution in [0, 0.1) is 0 Å². The number of hydrogen-bond acceptors (Lipinski definition) is 8. The van der Waals surface area contributed by atoms with E-state index >= 15 is 0 Å². The van der Waals surface area contributed by atoms with Crippen LogP contribution < -0.4 is 0 Å². The van der Waals surface area contributed by atoms with Crippen molar-refractivity contribution < 1.29 is 23.4 Å². The van der Waals surface area contributed by atoms with Gasteiger partial charge >= 0.3 is 12.0 Å². The topological polar surface area (TPSA) is 136 Å². The number of urea groups is 1. The molecule has 1 unspecified atom stereocenters. The molecule has 5 heterocycles. The van der Waals surface area contributed by atoms with E-state index in [1.165, 1.54) is 30.0 Å². The number of amides is 4. The van der Waals surface area contributed by atoms with Crippen molar-refractivity contribution in [1.29, 1.82) is 0 Å². The summed E-state index contributed by atoms with van der Waals surface area (Å²) in [6.07, 6.45) is 1.48. The molecule has 2 saturated heterocycles. The molecule has 0 radical (unpaired) electrons. The molecule has 4 amide bonds. The summed E-state index contributed by atoms with van der Waals surface area (Å²) in [5.41, 5.74) is 0.847. The van der Waals surface area contributed by atoms with Crippen LogP contribution in [0.4, 0.5) is 4.79 Å². The normalized spacial score (nSPS) is 19.4. The van der Waals surface area contributed by atoms with Crippen molar-refractivity contribution >= 4 is 41.4 Å². The molecule has 3 aromatic rings. The minimum atomic E-state index is -0.726. The molecule has 1 aromatic carbocycles. The summed E-state index contributed by atoms with van der Waals surface area (Å²) in [6, 6.07) is 11.8. The van der Waals surface area contributed by atoms with Crippen LogP contribution in [0.15, 0.2) is 63.3 Å². The maximum absolute atomic E-state index is 13.3. The summed E-state index contributed by atoms with van der Waals surface area (Å²) >= 11 is 1.46. The van der Waals surface area contributed by atoms with Gasteiger partial charge in [0.05, 0.1) is 44.7 Å². The Balaban J connectivity index is 1.23. The van der Waals surface area contributed by atoms with E-state index in [1.54, 1.807) is 28.8 Å². The molecule has 0 aliphatic carbocycles. The summed E-state index contributed by atoms with van der Waals surface area (Å²) < 4.78 is 9.00. The Bertz CT molecular complexity index is 1490. The first-order valence-electron chi connectivity index (χ1n) is 12.8. The van der Waals surface area contributed by atoms with Gasteiger partial charge in [-0.25, -0.2) is 9.69 Å². The number of tetrazole rings is 1. The maximum atomic E-state index is 13.3. The molecule has 3 aliphatic heterocycles. The maximum Gasteiger partial charge on any atom is 0.392 e. The van der Waals surface area contributed by atoms with Crippen molar-refractivity contribution in [2.24, 2.45) is 4.99 Å². The number of thioether (sulfide) groups is 1. The van der Waals surface area contributed by atoms with Gasteiger partial charge in [-0.1, -0.05) is 35.0 Å². The zero-order valence-corrected chi connectivity index (χ0v) is 22.8. The number of para-hydroxylation sites is 1. The van der Waals surface area contributed by atoms with Gasteiger partial charge in [-0.3, -0.25) is 24.0 Å². The fourth-order valence-corrected chi connectivity index (χ4v) is 5.80. The van der Waals surface area contributed by atoms with Gasteiger partial charge in [0, 0.05) is 19.8 Å². The van der Waals surface area contributed by atoms with E-state index in [9.17, 15) is 14.4 Å². The molecular formula is C25H27N10O4S+. The van der Waals surface area contributed by atoms with Crippen LogP contribution in [0.1, 0.15) is 10.6 Å². The molecule has 0 bridgehead atoms. The lowest BCUT2D eigenvalue weighted by molar-refractivity contribution is -0.543. The number of rotatable bonds is 6. The number of carbonyl (C=O) groups excluding carboxylic acids is 3. The second-order valence-corrected chi connectivity index (χ2v) is 10.5. The number of nitrogens with zero attached hydrogens (tertiary/aromatic N) is 10. The molecular weight excluding hydrogens is 536 g/mol. The number of aromatic nitrogens is 4. The quantitative estimate of drug-likeness (QED) is 0.310. The number of furan rings is 1. The summed E-state index contributed by atoms with van der Waals surface area (Å²) in [6.45, 7) is 2.42. The average molecular weight is 564 g/mol. The van der Waals surface area contributed by atoms with Crippen LogP contribution in [0.25, 0.3) is 5.69 Å². The second kappa shape index (κ2) is 10.6. The Morgan fingerprint density at radius 2 is 1.85 bits per heavy atom. The van der Waals surface area contributed by atoms with E-state index in [0.29, 0.717) is 61.2 Å². The molecule has 2 fully saturated rings. The van der Waals surface area contributed by atoms with Crippen molar-refractivity contribution in [2.45, 2.75) is 11.2 Å². The molecule has 40 heavy (non-hydrogen) atoms. The zero-order chi connectivity index (χ0) is 27.8. The molecule has 0 N–H and O–H groups in total. The summed E-state index contributed by atoms with van der Waals surface area (Å²) in [7, 11) is 3.11. The fraction of sp³-hybridized carbons (Fsp3) is 0.360. The van der Waals surface area contributed by atoms with E-state index < -0.39 is 12.1 Å². The highest BCUT2D eigenvalue weighted by atomic mass is 32.2. The second-order valence-electron chi connectivity index (χ2n) is 9.42. The van der Waals surface area contributed by atoms with Crippen molar-refractivity contribution in [2.75, 3.05) is 52.6 Å². The largest absolute Gasteiger partial charge is 0.459 e. The summed E-state index contributed by atoms with van der Waals surface area (Å²) in [4.78, 5) is 49.8. The van der Waals surface area contributed by atoms with E-state index in [-0.39, 0.29) is 11.8 Å². The molecule has 0 spiro atoms. The number of likely N-dealkylation sites (N-methyl/N-ethyl adjacent to an activating group) is 2. The highest BCUT2D eigenvalue weighted by Gasteiger charge is 2.55. The van der Waals surface area contributed by atoms with Gasteiger partial charge < -0.3 is 9.32 Å². The minimum Gasteiger partial charge on any atom is -0.459 e. The van der Waals surface area contributed by atoms with Crippen LogP contribution in [-0.4, -0.2) is 133 Å². The monoisotopic (exact) mass is 563 g/mol. The van der Waals surface area contributed by atoms with Crippen LogP contribution in [0.3, 0.4) is 0 Å². The first-order valence-corrected chi connectivity index (χ1v) is 13.7. The standard InChI is InChI=1S/C25H27N10O4S/c1-30-20-19(22(37)31(2)25(30)38)34(14-16-40-24-27-28-29-35(24)17-7-4-3-5-8-17)23(26-20)33-12-10-32(11-13-33)21(36)18-9-6-15-39-18/h3-9,15,19H,10-14,16H2,1-2H3/q+1. The number of benzene rings is 1. The zero-order valence-electron chi connectivity index (χ0n) is 22.0. The SMILES string of the molecule is CN1C(=O)C2C(=NC(=[N+]3CCN(C(=O)c4ccco4)CC3)N2CCSc2nnnn2-c2ccccc2)N(C)C1=O. The third-order valence-corrected chi connectivity index (χ3v) is 8.00. The van der Waals surface area contributed by atoms with Crippen molar-refractivity contribution in [1.82, 2.24) is 39.8 Å². The Hall–Kier alpha value is -4.53. The fourth-order valence-electron chi connectivity index (χ4n) is 4.97. The lowest BCUT2D eigenvalue weighted by atomic mass is 10.1. The third-order valence-electron chi connectivity index (χ3n) is 7.10. The Kier molecular flexibility index (Phi) is 6.79. The Morgan fingerprint density at radius 1 is 1.07 bits per heavy atom. The third kappa shape index (κ3) is 4.51. The van der Waals surface area contributed by atoms with Gasteiger partial charge in [0.2, 0.25) is 17.0 Å². The predicted molar refractivity (Wildman–Crippen MR) is 143 cm³/mol. The number of carbonyl (C=O) groups is 3. The highest BCUT2D eigenvalue weighted by Crippen LogP contribution is 2.25. The minimum absolute atomic E-state index is 0.160. The first-order chi connectivity index (χ1) is 19.4. The van der Waals surface area contributed by atoms with Crippen molar-refractivity contribution in [3.8, 4) is 5.69 Å². The van der Waals surface area contributed by atoms with Crippen LogP contribution in [-0.2, 0) is 4.79 Å². The van der Waals surface area contributed by atoms with E-state index in [2.05, 4.69) is 20.1 Å². The summed E-state index contributed by atoms with van der Waals surface area (Å²) in [5, 5.41) is 12.7. The number of aliphatic imine (C=N–C) groups is 1. The number of fused-ring (bicyclic) bond motifs is 1. The molecule has 14 nitrogen and oxygen atoms in total. The van der Waals surface area contributed by atoms with E-state index in [4.69, 9.17) is 9.41 Å². The number of imide groups is 1. The highest BCUT2D eigenvalue weighted by molar-refractivity contribution is 7.99. The Labute approximate surface area is 233 Å². The number of hydrogen-bond donors (Lipinski definition) is 0. The van der Waals surface area contributed by atoms with E-state index in [1.807, 2.05) is 35.2 Å². The molecule has 6 rings (SSSR count). The van der Waals surface area contributed by atoms with Crippen LogP contribution in [0.2, 0.25) is 0 Å². The van der Waals surface area contributed by atoms with Gasteiger partial charge in [0.25, 0.3) is 11.8 Å². The Morgan fingerprint density at radius 3 is 2.58 bits per heavy atom. The van der Waals surface area contributed by atoms with Crippen LogP contribution >= 0.6 is 11.8 Å². The number of amidine groups is 1. The molecule has 206 valence electrons. The molecule has 0 saturated carbocycles. The van der Waals surface area contributed by atoms with Gasteiger partial charge in [-0.15, -0.1) is 5.10 Å². The molecule has 3 aliphatic rings. The molecule has 15 heteroatoms. The lowest BCUT2D eigenvalue weighted by Gasteiger charge is -2.33. The van der Waals surface area contributed by atoms with Gasteiger partial charge in [-0.2, -0.15) is 4.68 Å². The van der Waals surface area contributed by atoms with Crippen LogP contribution in [0.5, 0.6) is 0 Å². The van der Waals surface area contributed by atoms with Gasteiger partial charge in [-0.05, 0) is 34.7 Å². The van der Waals surface area contributed by atoms with Crippen molar-refractivity contribution in [3.63, 3.8) is 0 Å². The molecule has 2 aromatic heterocycles. The smallest absolute Gasteiger partial charge is 0.392 e. The van der Waals surface area contributed by atoms with Gasteiger partial charge in [0.1, 0.15) is 0 Å². The van der Waals surface area contributed by atoms with Gasteiger partial charge in [0.15, 0.2) is 5.76 Å². The predicted octanol–water partition coefficient (Wildman–Crippen LogP) is 0.478. The number of piperazine rings is 1. The first kappa shape index (κ1) is 25.7. The lowest BCUT2D eigenvalue weighted by Crippen LogP contribution is -2.63. The molecule has 1 atom stereocenters.